The fourth-order valence-electron chi connectivity index (χ4n) is 2.93. The van der Waals surface area contributed by atoms with Gasteiger partial charge in [-0.3, -0.25) is 4.79 Å². The molecule has 2 aliphatic rings. The Hall–Kier alpha value is -0.725. The zero-order valence-corrected chi connectivity index (χ0v) is 10.5. The molecule has 3 unspecified atom stereocenters. The molecular weight excluding hydrogens is 197 g/mol. The van der Waals surface area contributed by atoms with Gasteiger partial charge in [-0.25, -0.2) is 0 Å². The van der Waals surface area contributed by atoms with Gasteiger partial charge in [-0.05, 0) is 18.8 Å². The number of amides is 1. The molecule has 0 aliphatic carbocycles. The monoisotopic (exact) mass is 217 g/mol. The Bertz CT molecular complexity index is 339. The maximum atomic E-state index is 12.0. The van der Waals surface area contributed by atoms with E-state index in [0.29, 0.717) is 0 Å². The highest BCUT2D eigenvalue weighted by atomic mass is 16.2. The van der Waals surface area contributed by atoms with E-state index in [4.69, 9.17) is 7.85 Å². The summed E-state index contributed by atoms with van der Waals surface area (Å²) in [5.41, 5.74) is 0.937. The Kier molecular flexibility index (Phi) is 2.89. The Labute approximate surface area is 99.5 Å². The molecule has 0 aromatic heterocycles. The second-order valence-corrected chi connectivity index (χ2v) is 5.32. The fourth-order valence-corrected chi connectivity index (χ4v) is 2.93. The van der Waals surface area contributed by atoms with E-state index >= 15 is 0 Å². The van der Waals surface area contributed by atoms with E-state index in [1.807, 2.05) is 11.8 Å². The lowest BCUT2D eigenvalue weighted by atomic mass is 9.66. The van der Waals surface area contributed by atoms with Gasteiger partial charge in [-0.1, -0.05) is 38.8 Å². The number of hydrogen-bond acceptors (Lipinski definition) is 1. The van der Waals surface area contributed by atoms with Crippen molar-refractivity contribution in [1.29, 1.82) is 0 Å². The van der Waals surface area contributed by atoms with Crippen molar-refractivity contribution in [3.63, 3.8) is 0 Å². The summed E-state index contributed by atoms with van der Waals surface area (Å²) in [6, 6.07) is 0. The van der Waals surface area contributed by atoms with E-state index in [1.165, 1.54) is 5.57 Å². The third-order valence-electron chi connectivity index (χ3n) is 4.29. The molecule has 0 N–H and O–H groups in total. The lowest BCUT2D eigenvalue weighted by Crippen LogP contribution is -2.43. The SMILES string of the molecule is [B]C12C/C(=C\CCC)CN1C(=O)C(C)C2C. The summed E-state index contributed by atoms with van der Waals surface area (Å²) in [7, 11) is 6.42. The van der Waals surface area contributed by atoms with Gasteiger partial charge in [0.25, 0.3) is 0 Å². The molecule has 3 atom stereocenters. The summed E-state index contributed by atoms with van der Waals surface area (Å²) >= 11 is 0. The maximum absolute atomic E-state index is 12.0. The third-order valence-corrected chi connectivity index (χ3v) is 4.29. The van der Waals surface area contributed by atoms with Crippen molar-refractivity contribution in [2.45, 2.75) is 45.5 Å². The Balaban J connectivity index is 2.20. The summed E-state index contributed by atoms with van der Waals surface area (Å²) in [5.74, 6) is 0.570. The number of hydrogen-bond donors (Lipinski definition) is 0. The van der Waals surface area contributed by atoms with Gasteiger partial charge in [0.05, 0.1) is 0 Å². The third kappa shape index (κ3) is 1.52. The standard InChI is InChI=1S/C13H20BNO/c1-4-5-6-11-7-13(14)10(3)9(2)12(16)15(13)8-11/h6,9-10H,4-5,7-8H2,1-3H3/b11-6+. The van der Waals surface area contributed by atoms with Crippen LogP contribution in [0.3, 0.4) is 0 Å². The minimum absolute atomic E-state index is 0.0812. The van der Waals surface area contributed by atoms with Crippen LogP contribution in [0.25, 0.3) is 0 Å². The number of unbranched alkanes of at least 4 members (excludes halogenated alkanes) is 1. The van der Waals surface area contributed by atoms with Gasteiger partial charge in [0.15, 0.2) is 0 Å². The molecule has 3 heteroatoms. The first-order valence-corrected chi connectivity index (χ1v) is 6.29. The predicted octanol–water partition coefficient (Wildman–Crippen LogP) is 2.10. The van der Waals surface area contributed by atoms with Crippen molar-refractivity contribution in [2.75, 3.05) is 6.54 Å². The van der Waals surface area contributed by atoms with Crippen LogP contribution in [0.5, 0.6) is 0 Å². The Morgan fingerprint density at radius 1 is 1.56 bits per heavy atom. The highest BCUT2D eigenvalue weighted by molar-refractivity contribution is 6.19. The van der Waals surface area contributed by atoms with Crippen molar-refractivity contribution >= 4 is 13.8 Å². The summed E-state index contributed by atoms with van der Waals surface area (Å²) in [6.45, 7) is 7.02. The maximum Gasteiger partial charge on any atom is 0.225 e. The summed E-state index contributed by atoms with van der Waals surface area (Å²) in [6.07, 6.45) is 5.38. The Morgan fingerprint density at radius 2 is 2.25 bits per heavy atom. The molecule has 2 nitrogen and oxygen atoms in total. The van der Waals surface area contributed by atoms with Crippen molar-refractivity contribution in [3.8, 4) is 0 Å². The van der Waals surface area contributed by atoms with E-state index in [0.717, 1.165) is 25.8 Å². The number of allylic oxidation sites excluding steroid dienone is 1. The molecule has 2 rings (SSSR count). The van der Waals surface area contributed by atoms with Gasteiger partial charge in [-0.2, -0.15) is 0 Å². The average molecular weight is 217 g/mol. The number of carbonyl (C=O) groups excluding carboxylic acids is 1. The van der Waals surface area contributed by atoms with E-state index in [-0.39, 0.29) is 17.7 Å². The Morgan fingerprint density at radius 3 is 2.81 bits per heavy atom. The van der Waals surface area contributed by atoms with E-state index in [1.54, 1.807) is 0 Å². The predicted molar refractivity (Wildman–Crippen MR) is 66.1 cm³/mol. The van der Waals surface area contributed by atoms with Crippen LogP contribution in [0.15, 0.2) is 11.6 Å². The van der Waals surface area contributed by atoms with Crippen LogP contribution in [0.4, 0.5) is 0 Å². The molecule has 2 saturated heterocycles. The van der Waals surface area contributed by atoms with Crippen LogP contribution in [-0.4, -0.2) is 30.6 Å². The molecule has 86 valence electrons. The molecule has 2 radical (unpaired) electrons. The van der Waals surface area contributed by atoms with E-state index < -0.39 is 5.44 Å². The zero-order valence-electron chi connectivity index (χ0n) is 10.5. The number of fused-ring (bicyclic) bond motifs is 1. The first-order valence-electron chi connectivity index (χ1n) is 6.29. The first-order chi connectivity index (χ1) is 7.50. The van der Waals surface area contributed by atoms with Crippen molar-refractivity contribution in [2.24, 2.45) is 11.8 Å². The molecule has 0 saturated carbocycles. The minimum Gasteiger partial charge on any atom is -0.341 e. The molecule has 1 amide bonds. The van der Waals surface area contributed by atoms with Gasteiger partial charge < -0.3 is 4.90 Å². The highest BCUT2D eigenvalue weighted by Crippen LogP contribution is 2.46. The van der Waals surface area contributed by atoms with Crippen LogP contribution in [-0.2, 0) is 4.79 Å². The van der Waals surface area contributed by atoms with E-state index in [9.17, 15) is 4.79 Å². The van der Waals surface area contributed by atoms with Crippen LogP contribution in [0, 0.1) is 11.8 Å². The lowest BCUT2D eigenvalue weighted by molar-refractivity contribution is -0.131. The van der Waals surface area contributed by atoms with Gasteiger partial charge in [0, 0.05) is 17.9 Å². The normalized spacial score (nSPS) is 40.8. The van der Waals surface area contributed by atoms with Crippen LogP contribution >= 0.6 is 0 Å². The van der Waals surface area contributed by atoms with Crippen LogP contribution in [0.2, 0.25) is 0 Å². The van der Waals surface area contributed by atoms with Gasteiger partial charge >= 0.3 is 0 Å². The van der Waals surface area contributed by atoms with Gasteiger partial charge in [0.2, 0.25) is 5.91 Å². The molecule has 0 aromatic carbocycles. The van der Waals surface area contributed by atoms with Crippen LogP contribution < -0.4 is 0 Å². The lowest BCUT2D eigenvalue weighted by Gasteiger charge is -2.31. The second-order valence-electron chi connectivity index (χ2n) is 5.32. The molecule has 16 heavy (non-hydrogen) atoms. The fraction of sp³-hybridized carbons (Fsp3) is 0.769. The van der Waals surface area contributed by atoms with Gasteiger partial charge in [0.1, 0.15) is 7.85 Å². The molecule has 2 heterocycles. The van der Waals surface area contributed by atoms with Crippen molar-refractivity contribution in [1.82, 2.24) is 4.90 Å². The molecule has 2 aliphatic heterocycles. The minimum atomic E-state index is -0.407. The van der Waals surface area contributed by atoms with Crippen molar-refractivity contribution < 1.29 is 4.79 Å². The number of nitrogens with zero attached hydrogens (tertiary/aromatic N) is 1. The number of carbonyl (C=O) groups is 1. The molecule has 0 spiro atoms. The molecule has 0 bridgehead atoms. The molecule has 2 fully saturated rings. The summed E-state index contributed by atoms with van der Waals surface area (Å²) in [5, 5.41) is 0. The van der Waals surface area contributed by atoms with Gasteiger partial charge in [-0.15, -0.1) is 0 Å². The number of rotatable bonds is 2. The molecular formula is C13H20BNO. The first kappa shape index (κ1) is 11.8. The second kappa shape index (κ2) is 3.94. The zero-order chi connectivity index (χ0) is 11.9. The largest absolute Gasteiger partial charge is 0.341 e. The molecule has 0 aromatic rings. The van der Waals surface area contributed by atoms with E-state index in [2.05, 4.69) is 19.9 Å². The van der Waals surface area contributed by atoms with Crippen molar-refractivity contribution in [3.05, 3.63) is 11.6 Å². The highest BCUT2D eigenvalue weighted by Gasteiger charge is 2.54. The smallest absolute Gasteiger partial charge is 0.225 e. The van der Waals surface area contributed by atoms with Crippen LogP contribution in [0.1, 0.15) is 40.0 Å². The average Bonchev–Trinajstić information content (AvgIpc) is 2.67. The quantitative estimate of drug-likeness (QED) is 0.512. The summed E-state index contributed by atoms with van der Waals surface area (Å²) in [4.78, 5) is 13.9. The topological polar surface area (TPSA) is 20.3 Å². The summed E-state index contributed by atoms with van der Waals surface area (Å²) < 4.78 is 0.